The smallest absolute Gasteiger partial charge is 0.124 e. The van der Waals surface area contributed by atoms with Crippen LogP contribution >= 0.6 is 11.8 Å². The van der Waals surface area contributed by atoms with E-state index in [1.165, 1.54) is 23.9 Å². The summed E-state index contributed by atoms with van der Waals surface area (Å²) >= 11 is 1.21. The largest absolute Gasteiger partial charge is 0.394 e. The molecule has 1 aromatic rings. The minimum absolute atomic E-state index is 0.241. The number of hydrogen-bond donors (Lipinski definition) is 2. The normalized spacial score (nSPS) is 12.1. The first kappa shape index (κ1) is 12.0. The molecule has 0 aliphatic carbocycles. The minimum Gasteiger partial charge on any atom is -0.394 e. The summed E-state index contributed by atoms with van der Waals surface area (Å²) in [5, 5.41) is 26.4. The summed E-state index contributed by atoms with van der Waals surface area (Å²) in [7, 11) is 0. The highest BCUT2D eigenvalue weighted by Gasteiger charge is 2.07. The topological polar surface area (TPSA) is 64.2 Å². The molecule has 0 radical (unpaired) electrons. The van der Waals surface area contributed by atoms with Crippen molar-refractivity contribution in [3.63, 3.8) is 0 Å². The van der Waals surface area contributed by atoms with Crippen molar-refractivity contribution in [3.8, 4) is 6.07 Å². The fraction of sp³-hybridized carbons (Fsp3) is 0.300. The number of hydrogen-bond acceptors (Lipinski definition) is 4. The fourth-order valence-electron chi connectivity index (χ4n) is 0.954. The summed E-state index contributed by atoms with van der Waals surface area (Å²) in [6, 6.07) is 5.77. The average Bonchev–Trinajstić information content (AvgIpc) is 2.26. The van der Waals surface area contributed by atoms with Crippen molar-refractivity contribution in [2.75, 3.05) is 12.4 Å². The van der Waals surface area contributed by atoms with Gasteiger partial charge in [-0.25, -0.2) is 4.39 Å². The highest BCUT2D eigenvalue weighted by atomic mass is 32.2. The van der Waals surface area contributed by atoms with E-state index in [0.717, 1.165) is 6.07 Å². The minimum atomic E-state index is -0.827. The lowest BCUT2D eigenvalue weighted by Crippen LogP contribution is -2.14. The van der Waals surface area contributed by atoms with Crippen molar-refractivity contribution in [2.24, 2.45) is 0 Å². The van der Waals surface area contributed by atoms with Gasteiger partial charge < -0.3 is 10.2 Å². The SMILES string of the molecule is N#Cc1cc(F)ccc1SCC(O)CO. The van der Waals surface area contributed by atoms with E-state index >= 15 is 0 Å². The molecule has 1 rings (SSSR count). The molecule has 0 saturated heterocycles. The Kier molecular flexibility index (Phi) is 4.56. The van der Waals surface area contributed by atoms with Crippen LogP contribution in [0.5, 0.6) is 0 Å². The molecule has 0 aromatic heterocycles. The number of halogens is 1. The monoisotopic (exact) mass is 227 g/mol. The van der Waals surface area contributed by atoms with Gasteiger partial charge in [0.25, 0.3) is 0 Å². The van der Waals surface area contributed by atoms with Crippen LogP contribution in [0.3, 0.4) is 0 Å². The first-order chi connectivity index (χ1) is 7.17. The van der Waals surface area contributed by atoms with Gasteiger partial charge in [0.2, 0.25) is 0 Å². The quantitative estimate of drug-likeness (QED) is 0.757. The molecule has 0 aliphatic rings. The maximum Gasteiger partial charge on any atom is 0.124 e. The van der Waals surface area contributed by atoms with Gasteiger partial charge in [-0.3, -0.25) is 0 Å². The lowest BCUT2D eigenvalue weighted by molar-refractivity contribution is 0.113. The highest BCUT2D eigenvalue weighted by molar-refractivity contribution is 7.99. The van der Waals surface area contributed by atoms with E-state index in [2.05, 4.69) is 0 Å². The molecule has 0 spiro atoms. The van der Waals surface area contributed by atoms with Crippen molar-refractivity contribution in [3.05, 3.63) is 29.6 Å². The fourth-order valence-corrected chi connectivity index (χ4v) is 1.86. The third-order valence-corrected chi connectivity index (χ3v) is 2.92. The summed E-state index contributed by atoms with van der Waals surface area (Å²) in [5.74, 6) is -0.185. The predicted molar refractivity (Wildman–Crippen MR) is 54.9 cm³/mol. The van der Waals surface area contributed by atoms with Crippen molar-refractivity contribution >= 4 is 11.8 Å². The molecule has 2 N–H and O–H groups in total. The van der Waals surface area contributed by atoms with Gasteiger partial charge in [-0.2, -0.15) is 5.26 Å². The molecule has 0 saturated carbocycles. The Morgan fingerprint density at radius 2 is 2.27 bits per heavy atom. The van der Waals surface area contributed by atoms with E-state index in [-0.39, 0.29) is 17.9 Å². The van der Waals surface area contributed by atoms with Crippen LogP contribution in [0.25, 0.3) is 0 Å². The van der Waals surface area contributed by atoms with E-state index in [4.69, 9.17) is 15.5 Å². The molecule has 0 amide bonds. The van der Waals surface area contributed by atoms with Gasteiger partial charge in [0, 0.05) is 10.6 Å². The molecule has 0 fully saturated rings. The van der Waals surface area contributed by atoms with Crippen LogP contribution in [-0.2, 0) is 0 Å². The van der Waals surface area contributed by atoms with E-state index in [1.54, 1.807) is 0 Å². The summed E-state index contributed by atoms with van der Waals surface area (Å²) in [4.78, 5) is 0.603. The number of aliphatic hydroxyl groups is 2. The maximum atomic E-state index is 12.7. The Morgan fingerprint density at radius 1 is 1.53 bits per heavy atom. The van der Waals surface area contributed by atoms with Crippen LogP contribution in [0.1, 0.15) is 5.56 Å². The number of thioether (sulfide) groups is 1. The van der Waals surface area contributed by atoms with Gasteiger partial charge >= 0.3 is 0 Å². The molecule has 80 valence electrons. The zero-order valence-electron chi connectivity index (χ0n) is 7.85. The molecule has 0 bridgehead atoms. The van der Waals surface area contributed by atoms with Gasteiger partial charge in [0.05, 0.1) is 18.3 Å². The first-order valence-electron chi connectivity index (χ1n) is 4.28. The maximum absolute atomic E-state index is 12.7. The lowest BCUT2D eigenvalue weighted by Gasteiger charge is -2.07. The molecule has 5 heteroatoms. The number of benzene rings is 1. The zero-order chi connectivity index (χ0) is 11.3. The van der Waals surface area contributed by atoms with Crippen molar-refractivity contribution in [2.45, 2.75) is 11.0 Å². The highest BCUT2D eigenvalue weighted by Crippen LogP contribution is 2.23. The van der Waals surface area contributed by atoms with E-state index in [0.29, 0.717) is 4.90 Å². The standard InChI is InChI=1S/C10H10FNO2S/c11-8-1-2-10(7(3-8)4-12)15-6-9(14)5-13/h1-3,9,13-14H,5-6H2. The van der Waals surface area contributed by atoms with Crippen LogP contribution in [0.4, 0.5) is 4.39 Å². The van der Waals surface area contributed by atoms with Crippen LogP contribution in [0, 0.1) is 17.1 Å². The Balaban J connectivity index is 2.73. The van der Waals surface area contributed by atoms with Crippen LogP contribution < -0.4 is 0 Å². The third-order valence-electron chi connectivity index (χ3n) is 1.70. The van der Waals surface area contributed by atoms with E-state index < -0.39 is 11.9 Å². The van der Waals surface area contributed by atoms with Gasteiger partial charge in [0.1, 0.15) is 11.9 Å². The van der Waals surface area contributed by atoms with E-state index in [9.17, 15) is 4.39 Å². The molecule has 0 heterocycles. The van der Waals surface area contributed by atoms with Gasteiger partial charge in [-0.05, 0) is 18.2 Å². The Labute approximate surface area is 91.2 Å². The third kappa shape index (κ3) is 3.51. The Bertz CT molecular complexity index is 378. The first-order valence-corrected chi connectivity index (χ1v) is 5.27. The summed E-state index contributed by atoms with van der Waals surface area (Å²) in [6.45, 7) is -0.323. The number of aliphatic hydroxyl groups excluding tert-OH is 2. The Morgan fingerprint density at radius 3 is 2.87 bits per heavy atom. The summed E-state index contributed by atoms with van der Waals surface area (Å²) in [6.07, 6.45) is -0.827. The lowest BCUT2D eigenvalue weighted by atomic mass is 10.2. The molecule has 3 nitrogen and oxygen atoms in total. The second kappa shape index (κ2) is 5.71. The molecule has 0 aliphatic heterocycles. The number of nitrogens with zero attached hydrogens (tertiary/aromatic N) is 1. The summed E-state index contributed by atoms with van der Waals surface area (Å²) < 4.78 is 12.7. The summed E-state index contributed by atoms with van der Waals surface area (Å²) in [5.41, 5.74) is 0.241. The van der Waals surface area contributed by atoms with Crippen LogP contribution in [0.15, 0.2) is 23.1 Å². The van der Waals surface area contributed by atoms with Crippen molar-refractivity contribution in [1.82, 2.24) is 0 Å². The van der Waals surface area contributed by atoms with Gasteiger partial charge in [-0.15, -0.1) is 11.8 Å². The van der Waals surface area contributed by atoms with E-state index in [1.807, 2.05) is 6.07 Å². The van der Waals surface area contributed by atoms with Crippen molar-refractivity contribution < 1.29 is 14.6 Å². The van der Waals surface area contributed by atoms with Gasteiger partial charge in [-0.1, -0.05) is 0 Å². The molecule has 15 heavy (non-hydrogen) atoms. The Hall–Kier alpha value is -1.09. The second-order valence-corrected chi connectivity index (χ2v) is 3.96. The van der Waals surface area contributed by atoms with Crippen molar-refractivity contribution in [1.29, 1.82) is 5.26 Å². The second-order valence-electron chi connectivity index (χ2n) is 2.90. The molecular formula is C10H10FNO2S. The predicted octanol–water partition coefficient (Wildman–Crippen LogP) is 1.14. The number of nitriles is 1. The van der Waals surface area contributed by atoms with Crippen LogP contribution in [0.2, 0.25) is 0 Å². The molecular weight excluding hydrogens is 217 g/mol. The number of rotatable bonds is 4. The van der Waals surface area contributed by atoms with Gasteiger partial charge in [0.15, 0.2) is 0 Å². The molecule has 1 aromatic carbocycles. The van der Waals surface area contributed by atoms with Crippen LogP contribution in [-0.4, -0.2) is 28.7 Å². The molecule has 1 unspecified atom stereocenters. The average molecular weight is 227 g/mol. The zero-order valence-corrected chi connectivity index (χ0v) is 8.67. The molecule has 1 atom stereocenters.